The molecule has 0 radical (unpaired) electrons. The average Bonchev–Trinajstić information content (AvgIpc) is 2.29. The highest BCUT2D eigenvalue weighted by Crippen LogP contribution is 2.18. The molecule has 1 rings (SSSR count). The highest BCUT2D eigenvalue weighted by Gasteiger charge is 2.07. The first-order chi connectivity index (χ1) is 7.70. The van der Waals surface area contributed by atoms with Gasteiger partial charge in [0.15, 0.2) is 6.29 Å². The number of benzene rings is 1. The minimum atomic E-state index is -0.464. The Morgan fingerprint density at radius 3 is 2.75 bits per heavy atom. The van der Waals surface area contributed by atoms with E-state index in [4.69, 9.17) is 0 Å². The molecular weight excluding hydrogens is 205 g/mol. The summed E-state index contributed by atoms with van der Waals surface area (Å²) < 4.78 is 13.3. The molecule has 2 nitrogen and oxygen atoms in total. The molecule has 3 heteroatoms. The van der Waals surface area contributed by atoms with Crippen LogP contribution in [-0.4, -0.2) is 19.9 Å². The molecule has 1 N–H and O–H groups in total. The third-order valence-electron chi connectivity index (χ3n) is 2.42. The van der Waals surface area contributed by atoms with Gasteiger partial charge in [-0.2, -0.15) is 0 Å². The van der Waals surface area contributed by atoms with Gasteiger partial charge in [-0.25, -0.2) is 4.39 Å². The van der Waals surface area contributed by atoms with Gasteiger partial charge in [-0.15, -0.1) is 0 Å². The Bertz CT molecular complexity index is 399. The van der Waals surface area contributed by atoms with Gasteiger partial charge in [-0.3, -0.25) is 4.79 Å². The molecule has 0 bridgehead atoms. The molecule has 0 heterocycles. The van der Waals surface area contributed by atoms with Crippen molar-refractivity contribution in [3.63, 3.8) is 0 Å². The Kier molecular flexibility index (Phi) is 4.86. The molecule has 0 aliphatic rings. The SMILES string of the molecule is CNCCC=Cc1c(C)ccc(F)c1C=O. The Labute approximate surface area is 95.2 Å². The lowest BCUT2D eigenvalue weighted by atomic mass is 10.0. The number of carbonyl (C=O) groups excluding carboxylic acids is 1. The smallest absolute Gasteiger partial charge is 0.153 e. The lowest BCUT2D eigenvalue weighted by Gasteiger charge is -2.05. The van der Waals surface area contributed by atoms with E-state index in [-0.39, 0.29) is 5.56 Å². The van der Waals surface area contributed by atoms with Crippen LogP contribution in [0.3, 0.4) is 0 Å². The Morgan fingerprint density at radius 1 is 1.38 bits per heavy atom. The largest absolute Gasteiger partial charge is 0.319 e. The molecule has 16 heavy (non-hydrogen) atoms. The summed E-state index contributed by atoms with van der Waals surface area (Å²) in [7, 11) is 1.87. The summed E-state index contributed by atoms with van der Waals surface area (Å²) in [5, 5.41) is 3.01. The number of hydrogen-bond donors (Lipinski definition) is 1. The number of aldehydes is 1. The maximum absolute atomic E-state index is 13.3. The zero-order valence-corrected chi connectivity index (χ0v) is 9.59. The second-order valence-corrected chi connectivity index (χ2v) is 3.60. The molecule has 0 saturated heterocycles. The maximum Gasteiger partial charge on any atom is 0.153 e. The van der Waals surface area contributed by atoms with Crippen LogP contribution in [0, 0.1) is 12.7 Å². The summed E-state index contributed by atoms with van der Waals surface area (Å²) in [6.07, 6.45) is 5.16. The molecule has 0 unspecified atom stereocenters. The molecule has 0 atom stereocenters. The van der Waals surface area contributed by atoms with Crippen molar-refractivity contribution >= 4 is 12.4 Å². The lowest BCUT2D eigenvalue weighted by Crippen LogP contribution is -2.05. The zero-order chi connectivity index (χ0) is 12.0. The monoisotopic (exact) mass is 221 g/mol. The third kappa shape index (κ3) is 3.00. The van der Waals surface area contributed by atoms with Crippen molar-refractivity contribution in [2.24, 2.45) is 0 Å². The highest BCUT2D eigenvalue weighted by atomic mass is 19.1. The summed E-state index contributed by atoms with van der Waals surface area (Å²) in [5.41, 5.74) is 1.72. The van der Waals surface area contributed by atoms with E-state index in [1.54, 1.807) is 12.1 Å². The third-order valence-corrected chi connectivity index (χ3v) is 2.42. The quantitative estimate of drug-likeness (QED) is 0.611. The van der Waals surface area contributed by atoms with E-state index >= 15 is 0 Å². The van der Waals surface area contributed by atoms with Crippen molar-refractivity contribution in [2.45, 2.75) is 13.3 Å². The number of carbonyl (C=O) groups is 1. The lowest BCUT2D eigenvalue weighted by molar-refractivity contribution is 0.111. The number of nitrogens with one attached hydrogen (secondary N) is 1. The Hall–Kier alpha value is -1.48. The van der Waals surface area contributed by atoms with E-state index in [1.165, 1.54) is 6.07 Å². The zero-order valence-electron chi connectivity index (χ0n) is 9.59. The first-order valence-electron chi connectivity index (χ1n) is 5.26. The minimum Gasteiger partial charge on any atom is -0.319 e. The van der Waals surface area contributed by atoms with Crippen molar-refractivity contribution in [2.75, 3.05) is 13.6 Å². The number of aryl methyl sites for hydroxylation is 1. The molecule has 1 aromatic carbocycles. The van der Waals surface area contributed by atoms with E-state index in [2.05, 4.69) is 5.32 Å². The number of halogens is 1. The number of rotatable bonds is 5. The van der Waals surface area contributed by atoms with Gasteiger partial charge in [-0.1, -0.05) is 18.2 Å². The molecule has 0 saturated carbocycles. The van der Waals surface area contributed by atoms with Gasteiger partial charge >= 0.3 is 0 Å². The van der Waals surface area contributed by atoms with Gasteiger partial charge in [0.05, 0.1) is 5.56 Å². The van der Waals surface area contributed by atoms with Crippen molar-refractivity contribution in [1.29, 1.82) is 0 Å². The van der Waals surface area contributed by atoms with Crippen molar-refractivity contribution < 1.29 is 9.18 Å². The van der Waals surface area contributed by atoms with Gasteiger partial charge in [0, 0.05) is 0 Å². The summed E-state index contributed by atoms with van der Waals surface area (Å²) >= 11 is 0. The molecular formula is C13H16FNO. The predicted molar refractivity (Wildman–Crippen MR) is 64.1 cm³/mol. The van der Waals surface area contributed by atoms with Crippen LogP contribution in [0.4, 0.5) is 4.39 Å². The standard InChI is InChI=1S/C13H16FNO/c1-10-6-7-13(14)12(9-16)11(10)5-3-4-8-15-2/h3,5-7,9,15H,4,8H2,1-2H3. The van der Waals surface area contributed by atoms with Crippen molar-refractivity contribution in [1.82, 2.24) is 5.32 Å². The fraction of sp³-hybridized carbons (Fsp3) is 0.308. The molecule has 0 aliphatic heterocycles. The van der Waals surface area contributed by atoms with Gasteiger partial charge in [0.1, 0.15) is 5.82 Å². The molecule has 0 spiro atoms. The topological polar surface area (TPSA) is 29.1 Å². The summed E-state index contributed by atoms with van der Waals surface area (Å²) in [4.78, 5) is 10.8. The summed E-state index contributed by atoms with van der Waals surface area (Å²) in [6.45, 7) is 2.73. The van der Waals surface area contributed by atoms with Crippen LogP contribution in [0.25, 0.3) is 6.08 Å². The van der Waals surface area contributed by atoms with Crippen molar-refractivity contribution in [3.8, 4) is 0 Å². The Morgan fingerprint density at radius 2 is 2.12 bits per heavy atom. The molecule has 0 aromatic heterocycles. The van der Waals surface area contributed by atoms with Gasteiger partial charge in [-0.05, 0) is 44.1 Å². The second kappa shape index (κ2) is 6.18. The fourth-order valence-electron chi connectivity index (χ4n) is 1.49. The van der Waals surface area contributed by atoms with Crippen LogP contribution in [0.1, 0.15) is 27.9 Å². The molecule has 0 amide bonds. The van der Waals surface area contributed by atoms with Crippen LogP contribution >= 0.6 is 0 Å². The van der Waals surface area contributed by atoms with E-state index in [0.29, 0.717) is 11.8 Å². The molecule has 0 aliphatic carbocycles. The second-order valence-electron chi connectivity index (χ2n) is 3.60. The molecule has 86 valence electrons. The van der Waals surface area contributed by atoms with E-state index < -0.39 is 5.82 Å². The maximum atomic E-state index is 13.3. The minimum absolute atomic E-state index is 0.140. The van der Waals surface area contributed by atoms with E-state index in [1.807, 2.05) is 20.0 Å². The van der Waals surface area contributed by atoms with Gasteiger partial charge < -0.3 is 5.32 Å². The summed E-state index contributed by atoms with van der Waals surface area (Å²) in [5.74, 6) is -0.464. The van der Waals surface area contributed by atoms with Crippen molar-refractivity contribution in [3.05, 3.63) is 40.7 Å². The summed E-state index contributed by atoms with van der Waals surface area (Å²) in [6, 6.07) is 3.00. The average molecular weight is 221 g/mol. The van der Waals surface area contributed by atoms with E-state index in [0.717, 1.165) is 18.5 Å². The van der Waals surface area contributed by atoms with E-state index in [9.17, 15) is 9.18 Å². The first-order valence-corrected chi connectivity index (χ1v) is 5.26. The Balaban J connectivity index is 2.97. The van der Waals surface area contributed by atoms with Crippen LogP contribution in [0.5, 0.6) is 0 Å². The molecule has 1 aromatic rings. The molecule has 0 fully saturated rings. The van der Waals surface area contributed by atoms with Gasteiger partial charge in [0.2, 0.25) is 0 Å². The fourth-order valence-corrected chi connectivity index (χ4v) is 1.49. The van der Waals surface area contributed by atoms with Crippen LogP contribution in [-0.2, 0) is 0 Å². The van der Waals surface area contributed by atoms with Crippen LogP contribution in [0.15, 0.2) is 18.2 Å². The normalized spacial score (nSPS) is 10.9. The number of hydrogen-bond acceptors (Lipinski definition) is 2. The van der Waals surface area contributed by atoms with Crippen LogP contribution in [0.2, 0.25) is 0 Å². The first kappa shape index (κ1) is 12.6. The predicted octanol–water partition coefficient (Wildman–Crippen LogP) is 2.57. The van der Waals surface area contributed by atoms with Crippen LogP contribution < -0.4 is 5.32 Å². The van der Waals surface area contributed by atoms with Gasteiger partial charge in [0.25, 0.3) is 0 Å². The highest BCUT2D eigenvalue weighted by molar-refractivity contribution is 5.83.